The van der Waals surface area contributed by atoms with Gasteiger partial charge in [0.1, 0.15) is 5.69 Å². The van der Waals surface area contributed by atoms with Crippen LogP contribution >= 0.6 is 11.8 Å². The number of nitrogens with zero attached hydrogens (tertiary/aromatic N) is 1. The number of hydrogen-bond acceptors (Lipinski definition) is 5. The summed E-state index contributed by atoms with van der Waals surface area (Å²) in [5.41, 5.74) is 1.73. The number of nitrogens with one attached hydrogen (secondary N) is 1. The largest absolute Gasteiger partial charge is 0.396 e. The first-order chi connectivity index (χ1) is 9.08. The molecule has 0 spiro atoms. The molecule has 0 aliphatic heterocycles. The van der Waals surface area contributed by atoms with Gasteiger partial charge in [0.05, 0.1) is 4.92 Å². The van der Waals surface area contributed by atoms with Gasteiger partial charge in [0.15, 0.2) is 0 Å². The van der Waals surface area contributed by atoms with Crippen molar-refractivity contribution in [2.75, 3.05) is 18.5 Å². The van der Waals surface area contributed by atoms with Gasteiger partial charge in [0.25, 0.3) is 5.69 Å². The monoisotopic (exact) mass is 284 g/mol. The summed E-state index contributed by atoms with van der Waals surface area (Å²) in [6.07, 6.45) is 0.762. The van der Waals surface area contributed by atoms with Gasteiger partial charge in [0.2, 0.25) is 0 Å². The van der Waals surface area contributed by atoms with Gasteiger partial charge in [-0.15, -0.1) is 0 Å². The fourth-order valence-corrected chi connectivity index (χ4v) is 2.60. The van der Waals surface area contributed by atoms with Crippen molar-refractivity contribution < 1.29 is 10.0 Å². The van der Waals surface area contributed by atoms with E-state index in [0.717, 1.165) is 17.7 Å². The molecule has 0 aliphatic carbocycles. The molecule has 0 heterocycles. The van der Waals surface area contributed by atoms with Gasteiger partial charge >= 0.3 is 0 Å². The smallest absolute Gasteiger partial charge is 0.292 e. The van der Waals surface area contributed by atoms with E-state index in [1.54, 1.807) is 23.9 Å². The number of rotatable bonds is 8. The molecule has 19 heavy (non-hydrogen) atoms. The van der Waals surface area contributed by atoms with Gasteiger partial charge in [-0.1, -0.05) is 13.0 Å². The zero-order valence-corrected chi connectivity index (χ0v) is 12.1. The van der Waals surface area contributed by atoms with Crippen molar-refractivity contribution in [1.82, 2.24) is 0 Å². The molecule has 1 atom stereocenters. The van der Waals surface area contributed by atoms with Crippen LogP contribution < -0.4 is 5.32 Å². The van der Waals surface area contributed by atoms with Crippen molar-refractivity contribution in [3.8, 4) is 0 Å². The van der Waals surface area contributed by atoms with Gasteiger partial charge in [0, 0.05) is 30.2 Å². The first-order valence-electron chi connectivity index (χ1n) is 6.32. The molecule has 0 radical (unpaired) electrons. The second-order valence-corrected chi connectivity index (χ2v) is 5.70. The van der Waals surface area contributed by atoms with Crippen molar-refractivity contribution in [1.29, 1.82) is 0 Å². The maximum atomic E-state index is 10.9. The zero-order valence-electron chi connectivity index (χ0n) is 11.3. The number of nitro groups is 1. The minimum absolute atomic E-state index is 0.110. The van der Waals surface area contributed by atoms with E-state index in [1.807, 2.05) is 13.0 Å². The highest BCUT2D eigenvalue weighted by molar-refractivity contribution is 7.99. The summed E-state index contributed by atoms with van der Waals surface area (Å²) >= 11 is 1.74. The number of aliphatic hydroxyl groups is 1. The minimum Gasteiger partial charge on any atom is -0.396 e. The Bertz CT molecular complexity index is 426. The highest BCUT2D eigenvalue weighted by Crippen LogP contribution is 2.28. The molecule has 0 saturated heterocycles. The Morgan fingerprint density at radius 2 is 2.26 bits per heavy atom. The number of hydrogen-bond donors (Lipinski definition) is 2. The van der Waals surface area contributed by atoms with Crippen LogP contribution in [-0.2, 0) is 5.75 Å². The molecule has 0 saturated carbocycles. The van der Waals surface area contributed by atoms with Crippen molar-refractivity contribution in [2.45, 2.75) is 31.3 Å². The quantitative estimate of drug-likeness (QED) is 0.567. The molecule has 0 aromatic heterocycles. The van der Waals surface area contributed by atoms with Crippen LogP contribution in [0.1, 0.15) is 25.8 Å². The van der Waals surface area contributed by atoms with Crippen LogP contribution in [0.5, 0.6) is 0 Å². The lowest BCUT2D eigenvalue weighted by Gasteiger charge is -2.11. The molecule has 2 N–H and O–H groups in total. The van der Waals surface area contributed by atoms with Crippen LogP contribution in [0.4, 0.5) is 11.4 Å². The molecule has 0 bridgehead atoms. The standard InChI is InChI=1S/C13H20N2O3S/c1-3-14-12-8-11(4-5-13(12)15(17)18)9-19-10(2)6-7-16/h4-5,8,10,14,16H,3,6-7,9H2,1-2H3. The van der Waals surface area contributed by atoms with E-state index < -0.39 is 0 Å². The zero-order chi connectivity index (χ0) is 14.3. The average molecular weight is 284 g/mol. The van der Waals surface area contributed by atoms with E-state index in [1.165, 1.54) is 0 Å². The molecule has 1 aromatic rings. The average Bonchev–Trinajstić information content (AvgIpc) is 2.37. The second-order valence-electron chi connectivity index (χ2n) is 4.27. The van der Waals surface area contributed by atoms with E-state index in [4.69, 9.17) is 5.11 Å². The second kappa shape index (κ2) is 8.01. The van der Waals surface area contributed by atoms with Crippen molar-refractivity contribution in [2.24, 2.45) is 0 Å². The maximum Gasteiger partial charge on any atom is 0.292 e. The Kier molecular flexibility index (Phi) is 6.66. The van der Waals surface area contributed by atoms with Crippen LogP contribution in [0, 0.1) is 10.1 Å². The van der Waals surface area contributed by atoms with E-state index >= 15 is 0 Å². The lowest BCUT2D eigenvalue weighted by molar-refractivity contribution is -0.384. The molecule has 0 fully saturated rings. The normalized spacial score (nSPS) is 12.2. The van der Waals surface area contributed by atoms with Gasteiger partial charge < -0.3 is 10.4 Å². The number of anilines is 1. The molecular weight excluding hydrogens is 264 g/mol. The molecule has 1 aromatic carbocycles. The summed E-state index contributed by atoms with van der Waals surface area (Å²) in [5, 5.41) is 23.1. The van der Waals surface area contributed by atoms with Gasteiger partial charge in [-0.05, 0) is 25.0 Å². The number of aliphatic hydroxyl groups excluding tert-OH is 1. The Labute approximate surface area is 117 Å². The summed E-state index contributed by atoms with van der Waals surface area (Å²) in [6, 6.07) is 5.17. The summed E-state index contributed by atoms with van der Waals surface area (Å²) < 4.78 is 0. The minimum atomic E-state index is -0.372. The summed E-state index contributed by atoms with van der Waals surface area (Å²) in [5.74, 6) is 0.789. The third kappa shape index (κ3) is 5.08. The highest BCUT2D eigenvalue weighted by Gasteiger charge is 2.13. The van der Waals surface area contributed by atoms with Crippen LogP contribution in [-0.4, -0.2) is 28.4 Å². The first-order valence-corrected chi connectivity index (χ1v) is 7.37. The Hall–Kier alpha value is -1.27. The van der Waals surface area contributed by atoms with E-state index in [-0.39, 0.29) is 17.2 Å². The predicted molar refractivity (Wildman–Crippen MR) is 79.7 cm³/mol. The molecule has 5 nitrogen and oxygen atoms in total. The topological polar surface area (TPSA) is 75.4 Å². The van der Waals surface area contributed by atoms with Crippen LogP contribution in [0.2, 0.25) is 0 Å². The third-order valence-electron chi connectivity index (χ3n) is 2.70. The predicted octanol–water partition coefficient (Wildman–Crippen LogP) is 3.03. The van der Waals surface area contributed by atoms with E-state index in [2.05, 4.69) is 12.2 Å². The van der Waals surface area contributed by atoms with E-state index in [0.29, 0.717) is 17.5 Å². The fraction of sp³-hybridized carbons (Fsp3) is 0.538. The SMILES string of the molecule is CCNc1cc(CSC(C)CCO)ccc1[N+](=O)[O-]. The Morgan fingerprint density at radius 1 is 1.53 bits per heavy atom. The van der Waals surface area contributed by atoms with Crippen LogP contribution in [0.15, 0.2) is 18.2 Å². The molecule has 106 valence electrons. The summed E-state index contributed by atoms with van der Waals surface area (Å²) in [4.78, 5) is 10.5. The van der Waals surface area contributed by atoms with Crippen LogP contribution in [0.25, 0.3) is 0 Å². The molecule has 1 unspecified atom stereocenters. The first kappa shape index (κ1) is 15.8. The highest BCUT2D eigenvalue weighted by atomic mass is 32.2. The fourth-order valence-electron chi connectivity index (χ4n) is 1.67. The molecule has 1 rings (SSSR count). The van der Waals surface area contributed by atoms with Crippen molar-refractivity contribution in [3.05, 3.63) is 33.9 Å². The molecule has 0 aliphatic rings. The molecular formula is C13H20N2O3S. The summed E-state index contributed by atoms with van der Waals surface area (Å²) in [7, 11) is 0. The van der Waals surface area contributed by atoms with Gasteiger partial charge in [-0.25, -0.2) is 0 Å². The van der Waals surface area contributed by atoms with Gasteiger partial charge in [-0.3, -0.25) is 10.1 Å². The number of benzene rings is 1. The third-order valence-corrected chi connectivity index (χ3v) is 4.00. The van der Waals surface area contributed by atoms with Crippen molar-refractivity contribution >= 4 is 23.1 Å². The lowest BCUT2D eigenvalue weighted by atomic mass is 10.2. The van der Waals surface area contributed by atoms with Crippen molar-refractivity contribution in [3.63, 3.8) is 0 Å². The lowest BCUT2D eigenvalue weighted by Crippen LogP contribution is -2.03. The Balaban J connectivity index is 2.75. The van der Waals surface area contributed by atoms with Crippen LogP contribution in [0.3, 0.4) is 0 Å². The number of nitro benzene ring substituents is 1. The Morgan fingerprint density at radius 3 is 2.84 bits per heavy atom. The number of thioether (sulfide) groups is 1. The maximum absolute atomic E-state index is 10.9. The van der Waals surface area contributed by atoms with Gasteiger partial charge in [-0.2, -0.15) is 11.8 Å². The molecule has 6 heteroatoms. The van der Waals surface area contributed by atoms with E-state index in [9.17, 15) is 10.1 Å². The summed E-state index contributed by atoms with van der Waals surface area (Å²) in [6.45, 7) is 4.82. The molecule has 0 amide bonds.